The summed E-state index contributed by atoms with van der Waals surface area (Å²) in [5.41, 5.74) is 2.05. The first-order chi connectivity index (χ1) is 8.72. The molecule has 0 spiro atoms. The molecule has 3 N–H and O–H groups in total. The van der Waals surface area contributed by atoms with Crippen molar-refractivity contribution >= 4 is 5.91 Å². The highest BCUT2D eigenvalue weighted by atomic mass is 16.3. The molecule has 0 bridgehead atoms. The number of amides is 1. The molecule has 2 aromatic rings. The Kier molecular flexibility index (Phi) is 3.74. The molecule has 0 radical (unpaired) electrons. The standard InChI is InChI=1S/C13H15N3O2/c1-9(8-17)15-13(18)11-7-14-16-12(11)10-5-3-2-4-6-10/h2-7,9,17H,8H2,1H3,(H,14,16)(H,15,18)/t9-/m1/s1. The number of aliphatic hydroxyl groups excluding tert-OH is 1. The van der Waals surface area contributed by atoms with E-state index in [1.807, 2.05) is 30.3 Å². The number of aromatic nitrogens is 2. The van der Waals surface area contributed by atoms with Crippen molar-refractivity contribution in [2.75, 3.05) is 6.61 Å². The minimum atomic E-state index is -0.281. The normalized spacial score (nSPS) is 12.1. The van der Waals surface area contributed by atoms with Crippen molar-refractivity contribution in [1.82, 2.24) is 15.5 Å². The first-order valence-corrected chi connectivity index (χ1v) is 5.73. The van der Waals surface area contributed by atoms with Crippen LogP contribution in [0.1, 0.15) is 17.3 Å². The van der Waals surface area contributed by atoms with E-state index >= 15 is 0 Å². The maximum absolute atomic E-state index is 12.0. The lowest BCUT2D eigenvalue weighted by molar-refractivity contribution is 0.0923. The molecule has 2 rings (SSSR count). The Morgan fingerprint density at radius 3 is 2.83 bits per heavy atom. The largest absolute Gasteiger partial charge is 0.394 e. The highest BCUT2D eigenvalue weighted by molar-refractivity contribution is 5.99. The van der Waals surface area contributed by atoms with Gasteiger partial charge in [-0.3, -0.25) is 9.89 Å². The number of aromatic amines is 1. The Morgan fingerprint density at radius 2 is 2.17 bits per heavy atom. The fourth-order valence-corrected chi connectivity index (χ4v) is 1.63. The highest BCUT2D eigenvalue weighted by Gasteiger charge is 2.16. The maximum atomic E-state index is 12.0. The van der Waals surface area contributed by atoms with E-state index in [9.17, 15) is 4.79 Å². The number of H-pyrrole nitrogens is 1. The van der Waals surface area contributed by atoms with Crippen molar-refractivity contribution in [3.63, 3.8) is 0 Å². The smallest absolute Gasteiger partial charge is 0.255 e. The number of carbonyl (C=O) groups excluding carboxylic acids is 1. The van der Waals surface area contributed by atoms with E-state index in [2.05, 4.69) is 15.5 Å². The molecule has 5 heteroatoms. The lowest BCUT2D eigenvalue weighted by atomic mass is 10.1. The Morgan fingerprint density at radius 1 is 1.44 bits per heavy atom. The zero-order valence-corrected chi connectivity index (χ0v) is 10.1. The summed E-state index contributed by atoms with van der Waals surface area (Å²) in [6.45, 7) is 1.64. The van der Waals surface area contributed by atoms with Crippen molar-refractivity contribution in [1.29, 1.82) is 0 Å². The van der Waals surface area contributed by atoms with Crippen molar-refractivity contribution < 1.29 is 9.90 Å². The predicted octanol–water partition coefficient (Wildman–Crippen LogP) is 1.19. The Balaban J connectivity index is 2.26. The van der Waals surface area contributed by atoms with Crippen LogP contribution in [0.25, 0.3) is 11.3 Å². The summed E-state index contributed by atoms with van der Waals surface area (Å²) in [5, 5.41) is 18.3. The SMILES string of the molecule is C[C@H](CO)NC(=O)c1cn[nH]c1-c1ccccc1. The highest BCUT2D eigenvalue weighted by Crippen LogP contribution is 2.20. The molecule has 0 saturated heterocycles. The van der Waals surface area contributed by atoms with Gasteiger partial charge in [0.2, 0.25) is 0 Å². The average Bonchev–Trinajstić information content (AvgIpc) is 2.88. The number of carbonyl (C=O) groups is 1. The summed E-state index contributed by atoms with van der Waals surface area (Å²) < 4.78 is 0. The first-order valence-electron chi connectivity index (χ1n) is 5.73. The molecular weight excluding hydrogens is 230 g/mol. The van der Waals surface area contributed by atoms with Crippen LogP contribution in [-0.2, 0) is 0 Å². The van der Waals surface area contributed by atoms with Crippen molar-refractivity contribution in [2.45, 2.75) is 13.0 Å². The monoisotopic (exact) mass is 245 g/mol. The van der Waals surface area contributed by atoms with Crippen LogP contribution in [0.2, 0.25) is 0 Å². The van der Waals surface area contributed by atoms with Crippen LogP contribution in [-0.4, -0.2) is 33.9 Å². The molecule has 1 aromatic carbocycles. The number of benzene rings is 1. The summed E-state index contributed by atoms with van der Waals surface area (Å²) in [6, 6.07) is 9.23. The molecule has 18 heavy (non-hydrogen) atoms. The van der Waals surface area contributed by atoms with Crippen molar-refractivity contribution in [2.24, 2.45) is 0 Å². The molecular formula is C13H15N3O2. The van der Waals surface area contributed by atoms with Crippen LogP contribution >= 0.6 is 0 Å². The van der Waals surface area contributed by atoms with Crippen LogP contribution in [0.15, 0.2) is 36.5 Å². The van der Waals surface area contributed by atoms with E-state index in [0.717, 1.165) is 5.56 Å². The molecule has 5 nitrogen and oxygen atoms in total. The van der Waals surface area contributed by atoms with Gasteiger partial charge in [0.1, 0.15) is 0 Å². The number of aliphatic hydroxyl groups is 1. The molecule has 0 saturated carbocycles. The third kappa shape index (κ3) is 2.57. The maximum Gasteiger partial charge on any atom is 0.255 e. The third-order valence-electron chi connectivity index (χ3n) is 2.60. The Hall–Kier alpha value is -2.14. The van der Waals surface area contributed by atoms with Gasteiger partial charge in [0.05, 0.1) is 24.1 Å². The molecule has 0 aliphatic carbocycles. The molecule has 94 valence electrons. The average molecular weight is 245 g/mol. The molecule has 0 fully saturated rings. The van der Waals surface area contributed by atoms with Crippen LogP contribution < -0.4 is 5.32 Å². The number of nitrogens with one attached hydrogen (secondary N) is 2. The molecule has 0 aliphatic heterocycles. The van der Waals surface area contributed by atoms with Gasteiger partial charge in [0.15, 0.2) is 0 Å². The second-order valence-corrected chi connectivity index (χ2v) is 4.08. The number of hydrogen-bond acceptors (Lipinski definition) is 3. The zero-order valence-electron chi connectivity index (χ0n) is 10.1. The molecule has 1 amide bonds. The summed E-state index contributed by atoms with van der Waals surface area (Å²) >= 11 is 0. The molecule has 0 unspecified atom stereocenters. The second-order valence-electron chi connectivity index (χ2n) is 4.08. The van der Waals surface area contributed by atoms with Gasteiger partial charge >= 0.3 is 0 Å². The summed E-state index contributed by atoms with van der Waals surface area (Å²) in [5.74, 6) is -0.246. The minimum Gasteiger partial charge on any atom is -0.394 e. The lowest BCUT2D eigenvalue weighted by Gasteiger charge is -2.10. The first kappa shape index (κ1) is 12.3. The van der Waals surface area contributed by atoms with E-state index in [1.54, 1.807) is 6.92 Å². The molecule has 1 heterocycles. The summed E-state index contributed by atoms with van der Waals surface area (Å²) in [7, 11) is 0. The topological polar surface area (TPSA) is 78.0 Å². The summed E-state index contributed by atoms with van der Waals surface area (Å²) in [4.78, 5) is 12.0. The lowest BCUT2D eigenvalue weighted by Crippen LogP contribution is -2.35. The van der Waals surface area contributed by atoms with Gasteiger partial charge in [-0.2, -0.15) is 5.10 Å². The van der Waals surface area contributed by atoms with Gasteiger partial charge in [-0.1, -0.05) is 30.3 Å². The van der Waals surface area contributed by atoms with E-state index in [-0.39, 0.29) is 18.6 Å². The van der Waals surface area contributed by atoms with E-state index in [4.69, 9.17) is 5.11 Å². The van der Waals surface area contributed by atoms with Crippen LogP contribution in [0.4, 0.5) is 0 Å². The van der Waals surface area contributed by atoms with Crippen LogP contribution in [0.5, 0.6) is 0 Å². The predicted molar refractivity (Wildman–Crippen MR) is 68.0 cm³/mol. The fourth-order valence-electron chi connectivity index (χ4n) is 1.63. The van der Waals surface area contributed by atoms with E-state index < -0.39 is 0 Å². The van der Waals surface area contributed by atoms with E-state index in [1.165, 1.54) is 6.20 Å². The molecule has 1 atom stereocenters. The van der Waals surface area contributed by atoms with Crippen molar-refractivity contribution in [3.8, 4) is 11.3 Å². The van der Waals surface area contributed by atoms with Gasteiger partial charge in [0, 0.05) is 11.6 Å². The fraction of sp³-hybridized carbons (Fsp3) is 0.231. The number of rotatable bonds is 4. The van der Waals surface area contributed by atoms with Gasteiger partial charge < -0.3 is 10.4 Å². The number of hydrogen-bond donors (Lipinski definition) is 3. The quantitative estimate of drug-likeness (QED) is 0.757. The number of nitrogens with zero attached hydrogens (tertiary/aromatic N) is 1. The Labute approximate surface area is 105 Å². The molecule has 1 aromatic heterocycles. The molecule has 0 aliphatic rings. The van der Waals surface area contributed by atoms with Gasteiger partial charge in [0.25, 0.3) is 5.91 Å². The van der Waals surface area contributed by atoms with Crippen LogP contribution in [0.3, 0.4) is 0 Å². The van der Waals surface area contributed by atoms with Gasteiger partial charge in [-0.05, 0) is 6.92 Å². The minimum absolute atomic E-state index is 0.0930. The van der Waals surface area contributed by atoms with Crippen LogP contribution in [0, 0.1) is 0 Å². The summed E-state index contributed by atoms with van der Waals surface area (Å²) in [6.07, 6.45) is 1.49. The second kappa shape index (κ2) is 5.46. The van der Waals surface area contributed by atoms with Crippen molar-refractivity contribution in [3.05, 3.63) is 42.1 Å². The third-order valence-corrected chi connectivity index (χ3v) is 2.60. The van der Waals surface area contributed by atoms with E-state index in [0.29, 0.717) is 11.3 Å². The van der Waals surface area contributed by atoms with Gasteiger partial charge in [-0.25, -0.2) is 0 Å². The zero-order chi connectivity index (χ0) is 13.0. The Bertz CT molecular complexity index is 522. The van der Waals surface area contributed by atoms with Gasteiger partial charge in [-0.15, -0.1) is 0 Å².